The van der Waals surface area contributed by atoms with E-state index in [1.165, 1.54) is 0 Å². The van der Waals surface area contributed by atoms with Crippen molar-refractivity contribution >= 4 is 17.6 Å². The average Bonchev–Trinajstić information content (AvgIpc) is 2.30. The second kappa shape index (κ2) is 5.89. The fourth-order valence-electron chi connectivity index (χ4n) is 1.28. The molecule has 0 saturated carbocycles. The van der Waals surface area contributed by atoms with Crippen LogP contribution in [0, 0.1) is 6.92 Å². The summed E-state index contributed by atoms with van der Waals surface area (Å²) in [5.41, 5.74) is 7.58. The molecule has 17 heavy (non-hydrogen) atoms. The number of hydrogen-bond acceptors (Lipinski definition) is 4. The van der Waals surface area contributed by atoms with Gasteiger partial charge in [0.25, 0.3) is 5.91 Å². The summed E-state index contributed by atoms with van der Waals surface area (Å²) < 4.78 is 4.70. The Labute approximate surface area is 99.9 Å². The molecule has 1 aromatic rings. The Bertz CT molecular complexity index is 430. The molecule has 0 atom stereocenters. The van der Waals surface area contributed by atoms with Crippen LogP contribution in [0.2, 0.25) is 0 Å². The Balaban J connectivity index is 2.58. The number of nitrogens with two attached hydrogens (primary N) is 1. The first-order chi connectivity index (χ1) is 8.04. The van der Waals surface area contributed by atoms with Gasteiger partial charge in [0.2, 0.25) is 0 Å². The number of esters is 1. The lowest BCUT2D eigenvalue weighted by Crippen LogP contribution is -2.30. The Morgan fingerprint density at radius 1 is 1.41 bits per heavy atom. The predicted octanol–water partition coefficient (Wildman–Crippen LogP) is 0.870. The van der Waals surface area contributed by atoms with Crippen LogP contribution in [0.4, 0.5) is 5.69 Å². The molecule has 3 N–H and O–H groups in total. The second-order valence-corrected chi connectivity index (χ2v) is 3.56. The number of amides is 1. The van der Waals surface area contributed by atoms with Crippen LogP contribution in [0.15, 0.2) is 18.2 Å². The molecule has 0 heterocycles. The maximum atomic E-state index is 11.7. The summed E-state index contributed by atoms with van der Waals surface area (Å²) in [7, 11) is 0. The van der Waals surface area contributed by atoms with E-state index in [-0.39, 0.29) is 12.5 Å². The minimum absolute atomic E-state index is 0.129. The number of benzene rings is 1. The standard InChI is InChI=1S/C12H16N2O3/c1-3-17-11(15)7-14-12(16)9-4-5-10(13)8(2)6-9/h4-6H,3,7,13H2,1-2H3,(H,14,16). The summed E-state index contributed by atoms with van der Waals surface area (Å²) in [6.45, 7) is 3.70. The molecule has 0 aliphatic rings. The van der Waals surface area contributed by atoms with Crippen LogP contribution in [0.1, 0.15) is 22.8 Å². The Morgan fingerprint density at radius 3 is 2.71 bits per heavy atom. The SMILES string of the molecule is CCOC(=O)CNC(=O)c1ccc(N)c(C)c1. The van der Waals surface area contributed by atoms with E-state index in [0.29, 0.717) is 17.9 Å². The van der Waals surface area contributed by atoms with E-state index in [1.54, 1.807) is 25.1 Å². The van der Waals surface area contributed by atoms with Crippen LogP contribution in [-0.2, 0) is 9.53 Å². The molecule has 92 valence electrons. The first-order valence-electron chi connectivity index (χ1n) is 5.34. The largest absolute Gasteiger partial charge is 0.465 e. The Kier molecular flexibility index (Phi) is 4.51. The first-order valence-corrected chi connectivity index (χ1v) is 5.34. The normalized spacial score (nSPS) is 9.76. The van der Waals surface area contributed by atoms with Crippen molar-refractivity contribution in [1.82, 2.24) is 5.32 Å². The molecule has 1 amide bonds. The highest BCUT2D eigenvalue weighted by molar-refractivity contribution is 5.96. The number of carbonyl (C=O) groups excluding carboxylic acids is 2. The number of nitrogen functional groups attached to an aromatic ring is 1. The Morgan fingerprint density at radius 2 is 2.12 bits per heavy atom. The quantitative estimate of drug-likeness (QED) is 0.600. The van der Waals surface area contributed by atoms with Crippen LogP contribution < -0.4 is 11.1 Å². The molecule has 0 saturated heterocycles. The molecule has 0 fully saturated rings. The zero-order valence-corrected chi connectivity index (χ0v) is 9.95. The monoisotopic (exact) mass is 236 g/mol. The second-order valence-electron chi connectivity index (χ2n) is 3.56. The number of rotatable bonds is 4. The molecule has 0 radical (unpaired) electrons. The van der Waals surface area contributed by atoms with Gasteiger partial charge in [-0.25, -0.2) is 0 Å². The number of ether oxygens (including phenoxy) is 1. The Hall–Kier alpha value is -2.04. The van der Waals surface area contributed by atoms with Crippen molar-refractivity contribution in [2.45, 2.75) is 13.8 Å². The van der Waals surface area contributed by atoms with Crippen LogP contribution in [-0.4, -0.2) is 25.0 Å². The number of aryl methyl sites for hydroxylation is 1. The molecule has 0 aromatic heterocycles. The fraction of sp³-hybridized carbons (Fsp3) is 0.333. The number of hydrogen-bond donors (Lipinski definition) is 2. The third kappa shape index (κ3) is 3.79. The third-order valence-electron chi connectivity index (χ3n) is 2.23. The van der Waals surface area contributed by atoms with Gasteiger partial charge in [0.15, 0.2) is 0 Å². The van der Waals surface area contributed by atoms with Crippen molar-refractivity contribution in [2.24, 2.45) is 0 Å². The average molecular weight is 236 g/mol. The van der Waals surface area contributed by atoms with Crippen molar-refractivity contribution < 1.29 is 14.3 Å². The van der Waals surface area contributed by atoms with Gasteiger partial charge >= 0.3 is 5.97 Å². The van der Waals surface area contributed by atoms with E-state index in [1.807, 2.05) is 6.92 Å². The lowest BCUT2D eigenvalue weighted by Gasteiger charge is -2.06. The maximum absolute atomic E-state index is 11.7. The summed E-state index contributed by atoms with van der Waals surface area (Å²) in [6.07, 6.45) is 0. The van der Waals surface area contributed by atoms with Gasteiger partial charge in [0, 0.05) is 11.3 Å². The van der Waals surface area contributed by atoms with Crippen molar-refractivity contribution in [3.05, 3.63) is 29.3 Å². The van der Waals surface area contributed by atoms with E-state index >= 15 is 0 Å². The number of carbonyl (C=O) groups is 2. The van der Waals surface area contributed by atoms with Gasteiger partial charge in [-0.1, -0.05) is 0 Å². The fourth-order valence-corrected chi connectivity index (χ4v) is 1.28. The van der Waals surface area contributed by atoms with Crippen LogP contribution in [0.5, 0.6) is 0 Å². The van der Waals surface area contributed by atoms with Crippen LogP contribution in [0.25, 0.3) is 0 Å². The van der Waals surface area contributed by atoms with Crippen LogP contribution >= 0.6 is 0 Å². The molecule has 0 bridgehead atoms. The predicted molar refractivity (Wildman–Crippen MR) is 64.6 cm³/mol. The summed E-state index contributed by atoms with van der Waals surface area (Å²) in [5.74, 6) is -0.769. The summed E-state index contributed by atoms with van der Waals surface area (Å²) in [4.78, 5) is 22.7. The molecule has 0 aliphatic carbocycles. The molecular formula is C12H16N2O3. The summed E-state index contributed by atoms with van der Waals surface area (Å²) >= 11 is 0. The van der Waals surface area contributed by atoms with Gasteiger partial charge in [-0.3, -0.25) is 9.59 Å². The van der Waals surface area contributed by atoms with Gasteiger partial charge in [-0.15, -0.1) is 0 Å². The highest BCUT2D eigenvalue weighted by Crippen LogP contribution is 2.12. The van der Waals surface area contributed by atoms with Crippen molar-refractivity contribution in [3.8, 4) is 0 Å². The van der Waals surface area contributed by atoms with Gasteiger partial charge < -0.3 is 15.8 Å². The summed E-state index contributed by atoms with van der Waals surface area (Å²) in [5, 5.41) is 2.48. The molecule has 5 heteroatoms. The molecular weight excluding hydrogens is 220 g/mol. The lowest BCUT2D eigenvalue weighted by atomic mass is 10.1. The van der Waals surface area contributed by atoms with Crippen molar-refractivity contribution in [1.29, 1.82) is 0 Å². The number of anilines is 1. The van der Waals surface area contributed by atoms with E-state index in [9.17, 15) is 9.59 Å². The maximum Gasteiger partial charge on any atom is 0.325 e. The minimum Gasteiger partial charge on any atom is -0.465 e. The van der Waals surface area contributed by atoms with E-state index < -0.39 is 5.97 Å². The van der Waals surface area contributed by atoms with Gasteiger partial charge in [-0.05, 0) is 37.6 Å². The zero-order chi connectivity index (χ0) is 12.8. The van der Waals surface area contributed by atoms with Crippen LogP contribution in [0.3, 0.4) is 0 Å². The van der Waals surface area contributed by atoms with Gasteiger partial charge in [-0.2, -0.15) is 0 Å². The van der Waals surface area contributed by atoms with Crippen molar-refractivity contribution in [2.75, 3.05) is 18.9 Å². The van der Waals surface area contributed by atoms with Gasteiger partial charge in [0.05, 0.1) is 6.61 Å². The molecule has 0 spiro atoms. The third-order valence-corrected chi connectivity index (χ3v) is 2.23. The smallest absolute Gasteiger partial charge is 0.325 e. The highest BCUT2D eigenvalue weighted by atomic mass is 16.5. The van der Waals surface area contributed by atoms with E-state index in [2.05, 4.69) is 5.32 Å². The lowest BCUT2D eigenvalue weighted by molar-refractivity contribution is -0.141. The minimum atomic E-state index is -0.451. The molecule has 0 unspecified atom stereocenters. The van der Waals surface area contributed by atoms with E-state index in [0.717, 1.165) is 5.56 Å². The molecule has 5 nitrogen and oxygen atoms in total. The van der Waals surface area contributed by atoms with Gasteiger partial charge in [0.1, 0.15) is 6.54 Å². The summed E-state index contributed by atoms with van der Waals surface area (Å²) in [6, 6.07) is 4.95. The highest BCUT2D eigenvalue weighted by Gasteiger charge is 2.09. The zero-order valence-electron chi connectivity index (χ0n) is 9.95. The van der Waals surface area contributed by atoms with Crippen molar-refractivity contribution in [3.63, 3.8) is 0 Å². The van der Waals surface area contributed by atoms with E-state index in [4.69, 9.17) is 10.5 Å². The molecule has 1 aromatic carbocycles. The first kappa shape index (κ1) is 13.0. The number of nitrogens with one attached hydrogen (secondary N) is 1. The topological polar surface area (TPSA) is 81.4 Å². The molecule has 1 rings (SSSR count). The molecule has 0 aliphatic heterocycles.